The lowest BCUT2D eigenvalue weighted by Crippen LogP contribution is -2.40. The first-order chi connectivity index (χ1) is 11.1. The van der Waals surface area contributed by atoms with Gasteiger partial charge in [0.05, 0.1) is 16.6 Å². The molecule has 0 amide bonds. The van der Waals surface area contributed by atoms with Crippen molar-refractivity contribution in [3.05, 3.63) is 23.8 Å². The van der Waals surface area contributed by atoms with E-state index in [1.807, 2.05) is 0 Å². The monoisotopic (exact) mass is 356 g/mol. The maximum Gasteiger partial charge on any atom is 0.337 e. The van der Waals surface area contributed by atoms with Gasteiger partial charge in [-0.05, 0) is 51.8 Å². The Morgan fingerprint density at radius 2 is 2.08 bits per heavy atom. The zero-order valence-electron chi connectivity index (χ0n) is 14.1. The van der Waals surface area contributed by atoms with E-state index in [1.165, 1.54) is 18.2 Å². The second kappa shape index (κ2) is 7.08. The molecule has 0 spiro atoms. The molecule has 8 heteroatoms. The van der Waals surface area contributed by atoms with E-state index < -0.39 is 21.5 Å². The number of rotatable bonds is 6. The first-order valence-electron chi connectivity index (χ1n) is 7.85. The Morgan fingerprint density at radius 1 is 1.38 bits per heavy atom. The topological polar surface area (TPSA) is 105 Å². The van der Waals surface area contributed by atoms with E-state index >= 15 is 0 Å². The zero-order valence-corrected chi connectivity index (χ0v) is 14.9. The average Bonchev–Trinajstić information content (AvgIpc) is 2.95. The molecule has 7 nitrogen and oxygen atoms in total. The zero-order chi connectivity index (χ0) is 18.0. The molecule has 1 fully saturated rings. The van der Waals surface area contributed by atoms with Gasteiger partial charge in [-0.2, -0.15) is 0 Å². The van der Waals surface area contributed by atoms with E-state index in [0.29, 0.717) is 18.8 Å². The Kier molecular flexibility index (Phi) is 5.52. The molecule has 0 saturated carbocycles. The predicted molar refractivity (Wildman–Crippen MR) is 90.9 cm³/mol. The van der Waals surface area contributed by atoms with Crippen LogP contribution in [0.4, 0.5) is 5.69 Å². The molecule has 134 valence electrons. The molecular weight excluding hydrogens is 332 g/mol. The van der Waals surface area contributed by atoms with Gasteiger partial charge in [0.1, 0.15) is 0 Å². The molecule has 0 aliphatic carbocycles. The van der Waals surface area contributed by atoms with Gasteiger partial charge in [0, 0.05) is 24.4 Å². The number of nitrogens with one attached hydrogen (secondary N) is 2. The third-order valence-electron chi connectivity index (χ3n) is 3.52. The van der Waals surface area contributed by atoms with Gasteiger partial charge in [-0.3, -0.25) is 0 Å². The summed E-state index contributed by atoms with van der Waals surface area (Å²) in [6.45, 7) is 6.38. The second-order valence-electron chi connectivity index (χ2n) is 6.88. The summed E-state index contributed by atoms with van der Waals surface area (Å²) < 4.78 is 32.7. The molecule has 0 unspecified atom stereocenters. The van der Waals surface area contributed by atoms with Gasteiger partial charge in [0.25, 0.3) is 0 Å². The van der Waals surface area contributed by atoms with Crippen molar-refractivity contribution in [1.29, 1.82) is 0 Å². The van der Waals surface area contributed by atoms with Crippen molar-refractivity contribution in [2.75, 3.05) is 18.5 Å². The lowest BCUT2D eigenvalue weighted by atomic mass is 10.1. The van der Waals surface area contributed by atoms with Crippen LogP contribution in [0.25, 0.3) is 0 Å². The van der Waals surface area contributed by atoms with E-state index in [2.05, 4.69) is 10.0 Å². The lowest BCUT2D eigenvalue weighted by Gasteiger charge is -2.21. The lowest BCUT2D eigenvalue weighted by molar-refractivity contribution is 0.0697. The second-order valence-corrected chi connectivity index (χ2v) is 8.57. The van der Waals surface area contributed by atoms with E-state index in [0.717, 1.165) is 12.8 Å². The predicted octanol–water partition coefficient (Wildman–Crippen LogP) is 2.05. The van der Waals surface area contributed by atoms with E-state index in [4.69, 9.17) is 4.74 Å². The van der Waals surface area contributed by atoms with Crippen LogP contribution in [0.3, 0.4) is 0 Å². The summed E-state index contributed by atoms with van der Waals surface area (Å²) in [5, 5.41) is 12.4. The molecule has 1 aliphatic rings. The van der Waals surface area contributed by atoms with Gasteiger partial charge in [0.2, 0.25) is 10.0 Å². The molecular formula is C16H24N2O5S. The molecule has 0 radical (unpaired) electrons. The fourth-order valence-electron chi connectivity index (χ4n) is 2.51. The number of aromatic carboxylic acids is 1. The fourth-order valence-corrected chi connectivity index (χ4v) is 3.96. The largest absolute Gasteiger partial charge is 0.478 e. The Bertz CT molecular complexity index is 704. The molecule has 0 aromatic heterocycles. The third kappa shape index (κ3) is 4.93. The highest BCUT2D eigenvalue weighted by molar-refractivity contribution is 7.89. The van der Waals surface area contributed by atoms with E-state index in [1.54, 1.807) is 20.8 Å². The van der Waals surface area contributed by atoms with Crippen molar-refractivity contribution in [1.82, 2.24) is 4.72 Å². The third-order valence-corrected chi connectivity index (χ3v) is 5.27. The SMILES string of the molecule is CC(C)(C)NS(=O)(=O)c1ccc(NC[C@H]2CCCO2)c(C(=O)O)c1. The van der Waals surface area contributed by atoms with Gasteiger partial charge in [0.15, 0.2) is 0 Å². The molecule has 3 N–H and O–H groups in total. The highest BCUT2D eigenvalue weighted by Gasteiger charge is 2.24. The first kappa shape index (κ1) is 18.7. The van der Waals surface area contributed by atoms with Gasteiger partial charge < -0.3 is 15.2 Å². The molecule has 0 bridgehead atoms. The van der Waals surface area contributed by atoms with Gasteiger partial charge in [-0.15, -0.1) is 0 Å². The standard InChI is InChI=1S/C16H24N2O5S/c1-16(2,3)18-24(21,22)12-6-7-14(13(9-12)15(19)20)17-10-11-5-4-8-23-11/h6-7,9,11,17-18H,4-5,8,10H2,1-3H3,(H,19,20)/t11-/m1/s1. The fraction of sp³-hybridized carbons (Fsp3) is 0.562. The minimum absolute atomic E-state index is 0.0533. The minimum Gasteiger partial charge on any atom is -0.478 e. The molecule has 24 heavy (non-hydrogen) atoms. The van der Waals surface area contributed by atoms with Gasteiger partial charge in [-0.1, -0.05) is 0 Å². The molecule has 1 atom stereocenters. The maximum absolute atomic E-state index is 12.4. The van der Waals surface area contributed by atoms with Crippen LogP contribution in [0.15, 0.2) is 23.1 Å². The van der Waals surface area contributed by atoms with Crippen LogP contribution < -0.4 is 10.0 Å². The molecule has 1 aliphatic heterocycles. The summed E-state index contributed by atoms with van der Waals surface area (Å²) in [4.78, 5) is 11.4. The van der Waals surface area contributed by atoms with Crippen LogP contribution in [0.1, 0.15) is 44.0 Å². The summed E-state index contributed by atoms with van der Waals surface area (Å²) >= 11 is 0. The Balaban J connectivity index is 2.24. The number of carbonyl (C=O) groups is 1. The average molecular weight is 356 g/mol. The highest BCUT2D eigenvalue weighted by Crippen LogP contribution is 2.23. The van der Waals surface area contributed by atoms with Gasteiger partial charge in [-0.25, -0.2) is 17.9 Å². The molecule has 1 aromatic rings. The quantitative estimate of drug-likeness (QED) is 0.720. The van der Waals surface area contributed by atoms with Crippen LogP contribution in [0, 0.1) is 0 Å². The first-order valence-corrected chi connectivity index (χ1v) is 9.33. The molecule has 2 rings (SSSR count). The molecule has 1 aromatic carbocycles. The Labute approximate surface area is 142 Å². The highest BCUT2D eigenvalue weighted by atomic mass is 32.2. The normalized spacial score (nSPS) is 18.5. The van der Waals surface area contributed by atoms with Crippen molar-refractivity contribution in [2.45, 2.75) is 50.2 Å². The van der Waals surface area contributed by atoms with Crippen LogP contribution in [0.2, 0.25) is 0 Å². The van der Waals surface area contributed by atoms with Crippen molar-refractivity contribution in [3.8, 4) is 0 Å². The van der Waals surface area contributed by atoms with E-state index in [-0.39, 0.29) is 16.6 Å². The summed E-state index contributed by atoms with van der Waals surface area (Å²) in [5.41, 5.74) is -0.351. The van der Waals surface area contributed by atoms with Crippen molar-refractivity contribution < 1.29 is 23.1 Å². The number of carboxylic acid groups (broad SMARTS) is 1. The Hall–Kier alpha value is -1.64. The van der Waals surface area contributed by atoms with Crippen molar-refractivity contribution >= 4 is 21.7 Å². The Morgan fingerprint density at radius 3 is 2.62 bits per heavy atom. The maximum atomic E-state index is 12.4. The number of benzene rings is 1. The van der Waals surface area contributed by atoms with Crippen LogP contribution in [-0.4, -0.2) is 44.3 Å². The summed E-state index contributed by atoms with van der Waals surface area (Å²) in [5.74, 6) is -1.18. The minimum atomic E-state index is -3.79. The molecule has 1 saturated heterocycles. The summed E-state index contributed by atoms with van der Waals surface area (Å²) in [6, 6.07) is 4.06. The number of hydrogen-bond donors (Lipinski definition) is 3. The smallest absolute Gasteiger partial charge is 0.337 e. The number of ether oxygens (including phenoxy) is 1. The molecule has 1 heterocycles. The van der Waals surface area contributed by atoms with Crippen LogP contribution in [-0.2, 0) is 14.8 Å². The van der Waals surface area contributed by atoms with Gasteiger partial charge >= 0.3 is 5.97 Å². The van der Waals surface area contributed by atoms with Crippen molar-refractivity contribution in [3.63, 3.8) is 0 Å². The number of hydrogen-bond acceptors (Lipinski definition) is 5. The summed E-state index contributed by atoms with van der Waals surface area (Å²) in [6.07, 6.45) is 1.98. The van der Waals surface area contributed by atoms with Crippen molar-refractivity contribution in [2.24, 2.45) is 0 Å². The number of carboxylic acids is 1. The summed E-state index contributed by atoms with van der Waals surface area (Å²) in [7, 11) is -3.79. The number of anilines is 1. The van der Waals surface area contributed by atoms with E-state index in [9.17, 15) is 18.3 Å². The van der Waals surface area contributed by atoms with Crippen LogP contribution in [0.5, 0.6) is 0 Å². The number of sulfonamides is 1. The van der Waals surface area contributed by atoms with Crippen LogP contribution >= 0.6 is 0 Å².